The molecule has 0 aliphatic carbocycles. The fourth-order valence-corrected chi connectivity index (χ4v) is 1.82. The zero-order chi connectivity index (χ0) is 11.6. The highest BCUT2D eigenvalue weighted by atomic mass is 16.4. The highest BCUT2D eigenvalue weighted by Gasteiger charge is 2.31. The van der Waals surface area contributed by atoms with E-state index in [-0.39, 0.29) is 11.9 Å². The van der Waals surface area contributed by atoms with E-state index in [1.807, 2.05) is 14.0 Å². The van der Waals surface area contributed by atoms with Gasteiger partial charge in [0.25, 0.3) is 0 Å². The van der Waals surface area contributed by atoms with E-state index in [9.17, 15) is 9.59 Å². The van der Waals surface area contributed by atoms with Gasteiger partial charge in [0, 0.05) is 25.7 Å². The summed E-state index contributed by atoms with van der Waals surface area (Å²) in [5.74, 6) is -2.26. The number of carboxylic acids is 1. The maximum absolute atomic E-state index is 11.8. The van der Waals surface area contributed by atoms with Crippen molar-refractivity contribution in [2.75, 3.05) is 26.7 Å². The molecule has 1 aliphatic rings. The fraction of sp³-hybridized carbons (Fsp3) is 0.800. The molecule has 15 heavy (non-hydrogen) atoms. The fourth-order valence-electron chi connectivity index (χ4n) is 1.82. The zero-order valence-corrected chi connectivity index (χ0v) is 9.43. The van der Waals surface area contributed by atoms with E-state index in [1.165, 1.54) is 6.92 Å². The van der Waals surface area contributed by atoms with Gasteiger partial charge in [-0.25, -0.2) is 0 Å². The molecule has 0 aromatic heterocycles. The lowest BCUT2D eigenvalue weighted by Crippen LogP contribution is -2.54. The van der Waals surface area contributed by atoms with Crippen molar-refractivity contribution in [2.24, 2.45) is 5.92 Å². The Morgan fingerprint density at radius 1 is 1.40 bits per heavy atom. The van der Waals surface area contributed by atoms with E-state index in [0.717, 1.165) is 13.1 Å². The number of carbonyl (C=O) groups excluding carboxylic acids is 1. The third-order valence-electron chi connectivity index (χ3n) is 2.85. The molecule has 0 aromatic rings. The van der Waals surface area contributed by atoms with Gasteiger partial charge < -0.3 is 14.9 Å². The number of piperazine rings is 1. The van der Waals surface area contributed by atoms with Crippen LogP contribution in [0.1, 0.15) is 13.8 Å². The second kappa shape index (κ2) is 4.61. The van der Waals surface area contributed by atoms with Crippen molar-refractivity contribution in [3.8, 4) is 0 Å². The van der Waals surface area contributed by atoms with Crippen molar-refractivity contribution >= 4 is 11.9 Å². The van der Waals surface area contributed by atoms with Gasteiger partial charge in [0.1, 0.15) is 5.92 Å². The van der Waals surface area contributed by atoms with E-state index in [0.29, 0.717) is 6.54 Å². The molecule has 0 aromatic carbocycles. The molecule has 0 radical (unpaired) electrons. The summed E-state index contributed by atoms with van der Waals surface area (Å²) >= 11 is 0. The number of nitrogens with zero attached hydrogens (tertiary/aromatic N) is 2. The standard InChI is InChI=1S/C10H18N2O3/c1-7-6-11(3)4-5-12(7)9(13)8(2)10(14)15/h7-8H,4-6H2,1-3H3,(H,14,15). The van der Waals surface area contributed by atoms with E-state index < -0.39 is 11.9 Å². The van der Waals surface area contributed by atoms with E-state index in [1.54, 1.807) is 4.90 Å². The molecule has 1 heterocycles. The molecule has 1 rings (SSSR count). The third kappa shape index (κ3) is 2.68. The first-order valence-electron chi connectivity index (χ1n) is 5.15. The molecule has 1 saturated heterocycles. The molecule has 1 fully saturated rings. The number of carboxylic acid groups (broad SMARTS) is 1. The highest BCUT2D eigenvalue weighted by molar-refractivity contribution is 5.96. The number of amides is 1. The Labute approximate surface area is 89.7 Å². The van der Waals surface area contributed by atoms with Crippen LogP contribution < -0.4 is 0 Å². The Hall–Kier alpha value is -1.10. The van der Waals surface area contributed by atoms with Crippen LogP contribution in [0.2, 0.25) is 0 Å². The van der Waals surface area contributed by atoms with Crippen LogP contribution in [-0.2, 0) is 9.59 Å². The van der Waals surface area contributed by atoms with E-state index in [2.05, 4.69) is 4.90 Å². The molecule has 86 valence electrons. The molecule has 1 aliphatic heterocycles. The minimum Gasteiger partial charge on any atom is -0.481 e. The summed E-state index contributed by atoms with van der Waals surface area (Å²) in [5.41, 5.74) is 0. The van der Waals surface area contributed by atoms with Gasteiger partial charge in [0.05, 0.1) is 0 Å². The molecular formula is C10H18N2O3. The molecule has 2 unspecified atom stereocenters. The third-order valence-corrected chi connectivity index (χ3v) is 2.85. The number of aliphatic carboxylic acids is 1. The van der Waals surface area contributed by atoms with Crippen molar-refractivity contribution in [1.82, 2.24) is 9.80 Å². The van der Waals surface area contributed by atoms with E-state index in [4.69, 9.17) is 5.11 Å². The van der Waals surface area contributed by atoms with Crippen molar-refractivity contribution in [3.63, 3.8) is 0 Å². The predicted octanol–water partition coefficient (Wildman–Crippen LogP) is -0.130. The van der Waals surface area contributed by atoms with Crippen LogP contribution in [0.3, 0.4) is 0 Å². The number of hydrogen-bond donors (Lipinski definition) is 1. The minimum atomic E-state index is -1.05. The van der Waals surface area contributed by atoms with Crippen LogP contribution in [0.25, 0.3) is 0 Å². The van der Waals surface area contributed by atoms with Crippen LogP contribution in [0.5, 0.6) is 0 Å². The monoisotopic (exact) mass is 214 g/mol. The Balaban J connectivity index is 2.64. The van der Waals surface area contributed by atoms with Gasteiger partial charge in [-0.2, -0.15) is 0 Å². The average Bonchev–Trinajstić information content (AvgIpc) is 2.15. The minimum absolute atomic E-state index is 0.0954. The van der Waals surface area contributed by atoms with Gasteiger partial charge in [-0.15, -0.1) is 0 Å². The molecule has 1 N–H and O–H groups in total. The summed E-state index contributed by atoms with van der Waals surface area (Å²) < 4.78 is 0. The van der Waals surface area contributed by atoms with Crippen LogP contribution in [0.4, 0.5) is 0 Å². The van der Waals surface area contributed by atoms with Crippen molar-refractivity contribution in [2.45, 2.75) is 19.9 Å². The zero-order valence-electron chi connectivity index (χ0n) is 9.43. The Morgan fingerprint density at radius 3 is 2.47 bits per heavy atom. The lowest BCUT2D eigenvalue weighted by molar-refractivity contribution is -0.152. The maximum Gasteiger partial charge on any atom is 0.315 e. The topological polar surface area (TPSA) is 60.9 Å². The number of rotatable bonds is 2. The van der Waals surface area contributed by atoms with Gasteiger partial charge in [0.15, 0.2) is 0 Å². The smallest absolute Gasteiger partial charge is 0.315 e. The summed E-state index contributed by atoms with van der Waals surface area (Å²) in [7, 11) is 2.00. The molecule has 2 atom stereocenters. The lowest BCUT2D eigenvalue weighted by atomic mass is 10.1. The average molecular weight is 214 g/mol. The second-order valence-electron chi connectivity index (χ2n) is 4.20. The summed E-state index contributed by atoms with van der Waals surface area (Å²) in [6.07, 6.45) is 0. The first-order valence-corrected chi connectivity index (χ1v) is 5.15. The van der Waals surface area contributed by atoms with Gasteiger partial charge in [-0.05, 0) is 20.9 Å². The predicted molar refractivity (Wildman–Crippen MR) is 55.5 cm³/mol. The molecule has 0 spiro atoms. The second-order valence-corrected chi connectivity index (χ2v) is 4.20. The van der Waals surface area contributed by atoms with Gasteiger partial charge >= 0.3 is 5.97 Å². The maximum atomic E-state index is 11.8. The molecule has 1 amide bonds. The summed E-state index contributed by atoms with van der Waals surface area (Å²) in [4.78, 5) is 26.3. The van der Waals surface area contributed by atoms with Crippen molar-refractivity contribution in [1.29, 1.82) is 0 Å². The summed E-state index contributed by atoms with van der Waals surface area (Å²) in [5, 5.41) is 8.76. The Bertz CT molecular complexity index is 267. The van der Waals surface area contributed by atoms with Gasteiger partial charge in [-0.1, -0.05) is 0 Å². The molecule has 0 bridgehead atoms. The summed E-state index contributed by atoms with van der Waals surface area (Å²) in [6.45, 7) is 5.62. The van der Waals surface area contributed by atoms with Crippen molar-refractivity contribution in [3.05, 3.63) is 0 Å². The number of likely N-dealkylation sites (N-methyl/N-ethyl adjacent to an activating group) is 1. The van der Waals surface area contributed by atoms with Gasteiger partial charge in [0.2, 0.25) is 5.91 Å². The molecular weight excluding hydrogens is 196 g/mol. The first kappa shape index (κ1) is 12.0. The molecule has 0 saturated carbocycles. The number of carbonyl (C=O) groups is 2. The quantitative estimate of drug-likeness (QED) is 0.650. The lowest BCUT2D eigenvalue weighted by Gasteiger charge is -2.38. The molecule has 5 nitrogen and oxygen atoms in total. The van der Waals surface area contributed by atoms with Crippen LogP contribution in [0.15, 0.2) is 0 Å². The number of hydrogen-bond acceptors (Lipinski definition) is 3. The Morgan fingerprint density at radius 2 is 2.00 bits per heavy atom. The first-order chi connectivity index (χ1) is 6.93. The van der Waals surface area contributed by atoms with Crippen LogP contribution in [-0.4, -0.2) is 59.5 Å². The van der Waals surface area contributed by atoms with Crippen LogP contribution >= 0.6 is 0 Å². The van der Waals surface area contributed by atoms with Crippen LogP contribution in [0, 0.1) is 5.92 Å². The Kier molecular flexibility index (Phi) is 3.68. The highest BCUT2D eigenvalue weighted by Crippen LogP contribution is 2.12. The normalized spacial score (nSPS) is 25.0. The largest absolute Gasteiger partial charge is 0.481 e. The summed E-state index contributed by atoms with van der Waals surface area (Å²) in [6, 6.07) is 0.0954. The molecule has 5 heteroatoms. The van der Waals surface area contributed by atoms with E-state index >= 15 is 0 Å². The SMILES string of the molecule is CC(C(=O)O)C(=O)N1CCN(C)CC1C. The van der Waals surface area contributed by atoms with Gasteiger partial charge in [-0.3, -0.25) is 9.59 Å². The van der Waals surface area contributed by atoms with Crippen molar-refractivity contribution < 1.29 is 14.7 Å².